The van der Waals surface area contributed by atoms with Crippen molar-refractivity contribution in [3.63, 3.8) is 0 Å². The summed E-state index contributed by atoms with van der Waals surface area (Å²) in [6.45, 7) is 1.45. The molecule has 0 fully saturated rings. The molecule has 1 aromatic heterocycles. The molecule has 3 rings (SSSR count). The predicted octanol–water partition coefficient (Wildman–Crippen LogP) is 4.66. The number of aliphatic imine (C=N–C) groups is 1. The van der Waals surface area contributed by atoms with Gasteiger partial charge in [0, 0.05) is 23.5 Å². The SMILES string of the molecule is Brc1ccc(CN=C(NCCc2ccco2)NC2CC=CC2)cc1.I. The lowest BCUT2D eigenvalue weighted by Gasteiger charge is -2.17. The Morgan fingerprint density at radius 1 is 1.16 bits per heavy atom. The van der Waals surface area contributed by atoms with Crippen LogP contribution in [0.2, 0.25) is 0 Å². The first kappa shape index (κ1) is 20.0. The van der Waals surface area contributed by atoms with Gasteiger partial charge >= 0.3 is 0 Å². The van der Waals surface area contributed by atoms with Gasteiger partial charge in [-0.1, -0.05) is 40.2 Å². The van der Waals surface area contributed by atoms with Crippen LogP contribution in [0.1, 0.15) is 24.2 Å². The van der Waals surface area contributed by atoms with Crippen molar-refractivity contribution in [2.45, 2.75) is 31.8 Å². The fourth-order valence-electron chi connectivity index (χ4n) is 2.60. The quantitative estimate of drug-likeness (QED) is 0.255. The van der Waals surface area contributed by atoms with Gasteiger partial charge in [-0.15, -0.1) is 24.0 Å². The number of guanidine groups is 1. The molecule has 1 aliphatic rings. The van der Waals surface area contributed by atoms with Crippen molar-refractivity contribution in [2.24, 2.45) is 4.99 Å². The second-order valence-electron chi connectivity index (χ2n) is 5.83. The maximum Gasteiger partial charge on any atom is 0.191 e. The lowest BCUT2D eigenvalue weighted by molar-refractivity contribution is 0.506. The summed E-state index contributed by atoms with van der Waals surface area (Å²) in [6.07, 6.45) is 9.09. The lowest BCUT2D eigenvalue weighted by atomic mass is 10.2. The third-order valence-corrected chi connectivity index (χ3v) is 4.45. The molecular weight excluding hydrogens is 493 g/mol. The first-order valence-corrected chi connectivity index (χ1v) is 9.05. The van der Waals surface area contributed by atoms with Crippen LogP contribution in [0.25, 0.3) is 0 Å². The van der Waals surface area contributed by atoms with Gasteiger partial charge in [0.2, 0.25) is 0 Å². The average Bonchev–Trinajstić information content (AvgIpc) is 3.27. The van der Waals surface area contributed by atoms with Crippen LogP contribution >= 0.6 is 39.9 Å². The molecule has 0 saturated carbocycles. The van der Waals surface area contributed by atoms with Crippen molar-refractivity contribution in [2.75, 3.05) is 6.54 Å². The first-order chi connectivity index (χ1) is 11.8. The summed E-state index contributed by atoms with van der Waals surface area (Å²) in [5.74, 6) is 1.84. The van der Waals surface area contributed by atoms with Gasteiger partial charge in [0.05, 0.1) is 12.8 Å². The zero-order valence-electron chi connectivity index (χ0n) is 14.0. The third kappa shape index (κ3) is 6.86. The smallest absolute Gasteiger partial charge is 0.191 e. The number of hydrogen-bond donors (Lipinski definition) is 2. The molecule has 1 heterocycles. The van der Waals surface area contributed by atoms with E-state index in [4.69, 9.17) is 9.41 Å². The molecule has 2 N–H and O–H groups in total. The second kappa shape index (κ2) is 10.7. The van der Waals surface area contributed by atoms with E-state index >= 15 is 0 Å². The monoisotopic (exact) mass is 515 g/mol. The van der Waals surface area contributed by atoms with Crippen molar-refractivity contribution in [3.8, 4) is 0 Å². The minimum absolute atomic E-state index is 0. The fraction of sp³-hybridized carbons (Fsp3) is 0.316. The van der Waals surface area contributed by atoms with Crippen LogP contribution in [0.5, 0.6) is 0 Å². The van der Waals surface area contributed by atoms with Crippen LogP contribution < -0.4 is 10.6 Å². The Morgan fingerprint density at radius 2 is 1.92 bits per heavy atom. The third-order valence-electron chi connectivity index (χ3n) is 3.93. The van der Waals surface area contributed by atoms with Crippen LogP contribution in [0.15, 0.2) is 68.7 Å². The van der Waals surface area contributed by atoms with E-state index in [2.05, 4.69) is 50.8 Å². The highest BCUT2D eigenvalue weighted by Crippen LogP contribution is 2.12. The molecule has 0 unspecified atom stereocenters. The van der Waals surface area contributed by atoms with Crippen LogP contribution in [0.4, 0.5) is 0 Å². The molecule has 2 aromatic rings. The van der Waals surface area contributed by atoms with E-state index in [1.807, 2.05) is 24.3 Å². The van der Waals surface area contributed by atoms with E-state index < -0.39 is 0 Å². The van der Waals surface area contributed by atoms with Gasteiger partial charge in [-0.3, -0.25) is 0 Å². The number of halogens is 2. The van der Waals surface area contributed by atoms with Gasteiger partial charge in [-0.2, -0.15) is 0 Å². The highest BCUT2D eigenvalue weighted by molar-refractivity contribution is 14.0. The van der Waals surface area contributed by atoms with Crippen LogP contribution in [0.3, 0.4) is 0 Å². The molecule has 0 atom stereocenters. The number of benzene rings is 1. The number of rotatable bonds is 6. The Labute approximate surface area is 174 Å². The largest absolute Gasteiger partial charge is 0.469 e. The van der Waals surface area contributed by atoms with E-state index in [1.165, 1.54) is 5.56 Å². The lowest BCUT2D eigenvalue weighted by Crippen LogP contribution is -2.43. The van der Waals surface area contributed by atoms with Crippen molar-refractivity contribution < 1.29 is 4.42 Å². The molecule has 0 aliphatic heterocycles. The first-order valence-electron chi connectivity index (χ1n) is 8.26. The fourth-order valence-corrected chi connectivity index (χ4v) is 2.86. The number of nitrogens with one attached hydrogen (secondary N) is 2. The van der Waals surface area contributed by atoms with Gasteiger partial charge in [-0.05, 0) is 42.7 Å². The highest BCUT2D eigenvalue weighted by Gasteiger charge is 2.11. The predicted molar refractivity (Wildman–Crippen MR) is 116 cm³/mol. The summed E-state index contributed by atoms with van der Waals surface area (Å²) in [5, 5.41) is 6.92. The summed E-state index contributed by atoms with van der Waals surface area (Å²) >= 11 is 3.46. The molecule has 1 aromatic carbocycles. The van der Waals surface area contributed by atoms with Gasteiger partial charge in [0.15, 0.2) is 5.96 Å². The van der Waals surface area contributed by atoms with Crippen LogP contribution in [-0.4, -0.2) is 18.5 Å². The Bertz CT molecular complexity index is 675. The number of hydrogen-bond acceptors (Lipinski definition) is 2. The molecule has 0 radical (unpaired) electrons. The van der Waals surface area contributed by atoms with E-state index in [0.29, 0.717) is 12.6 Å². The van der Waals surface area contributed by atoms with E-state index in [9.17, 15) is 0 Å². The summed E-state index contributed by atoms with van der Waals surface area (Å²) in [5.41, 5.74) is 1.19. The number of furan rings is 1. The maximum atomic E-state index is 5.37. The maximum absolute atomic E-state index is 5.37. The van der Waals surface area contributed by atoms with E-state index in [0.717, 1.165) is 42.0 Å². The van der Waals surface area contributed by atoms with Gasteiger partial charge < -0.3 is 15.1 Å². The van der Waals surface area contributed by atoms with Gasteiger partial charge in [-0.25, -0.2) is 4.99 Å². The van der Waals surface area contributed by atoms with Crippen molar-refractivity contribution >= 4 is 45.9 Å². The summed E-state index contributed by atoms with van der Waals surface area (Å²) < 4.78 is 6.46. The zero-order valence-corrected chi connectivity index (χ0v) is 17.9. The van der Waals surface area contributed by atoms with Crippen LogP contribution in [0, 0.1) is 0 Å². The van der Waals surface area contributed by atoms with Gasteiger partial charge in [0.1, 0.15) is 5.76 Å². The Hall–Kier alpha value is -1.28. The summed E-state index contributed by atoms with van der Waals surface area (Å²) in [7, 11) is 0. The summed E-state index contributed by atoms with van der Waals surface area (Å²) in [4.78, 5) is 4.73. The zero-order chi connectivity index (χ0) is 16.6. The van der Waals surface area contributed by atoms with E-state index in [1.54, 1.807) is 6.26 Å². The molecule has 6 heteroatoms. The molecule has 0 bridgehead atoms. The molecule has 1 aliphatic carbocycles. The minimum Gasteiger partial charge on any atom is -0.469 e. The molecule has 25 heavy (non-hydrogen) atoms. The summed E-state index contributed by atoms with van der Waals surface area (Å²) in [6, 6.07) is 12.6. The van der Waals surface area contributed by atoms with Crippen molar-refractivity contribution in [1.29, 1.82) is 0 Å². The molecular formula is C19H23BrIN3O. The average molecular weight is 516 g/mol. The highest BCUT2D eigenvalue weighted by atomic mass is 127. The topological polar surface area (TPSA) is 49.6 Å². The van der Waals surface area contributed by atoms with Crippen LogP contribution in [-0.2, 0) is 13.0 Å². The Kier molecular flexibility index (Phi) is 8.54. The molecule has 0 amide bonds. The standard InChI is InChI=1S/C19H22BrN3O.HI/c20-16-9-7-15(8-10-16)14-22-19(23-17-4-1-2-5-17)21-12-11-18-6-3-13-24-18;/h1-3,6-10,13,17H,4-5,11-12,14H2,(H2,21,22,23);1H. The normalized spacial score (nSPS) is 14.4. The molecule has 134 valence electrons. The van der Waals surface area contributed by atoms with E-state index in [-0.39, 0.29) is 24.0 Å². The van der Waals surface area contributed by atoms with Crippen molar-refractivity contribution in [3.05, 3.63) is 70.6 Å². The Morgan fingerprint density at radius 3 is 2.60 bits per heavy atom. The Balaban J connectivity index is 0.00000225. The minimum atomic E-state index is 0. The molecule has 4 nitrogen and oxygen atoms in total. The van der Waals surface area contributed by atoms with Crippen molar-refractivity contribution in [1.82, 2.24) is 10.6 Å². The second-order valence-corrected chi connectivity index (χ2v) is 6.75. The van der Waals surface area contributed by atoms with Gasteiger partial charge in [0.25, 0.3) is 0 Å². The number of nitrogens with zero attached hydrogens (tertiary/aromatic N) is 1. The molecule has 0 spiro atoms. The molecule has 0 saturated heterocycles.